The summed E-state index contributed by atoms with van der Waals surface area (Å²) in [6.45, 7) is 1.46. The molecule has 2 heterocycles. The number of aryl methyl sites for hydroxylation is 1. The van der Waals surface area contributed by atoms with Gasteiger partial charge in [-0.1, -0.05) is 0 Å². The average Bonchev–Trinajstić information content (AvgIpc) is 2.40. The lowest BCUT2D eigenvalue weighted by Crippen LogP contribution is -2.62. The molecule has 0 unspecified atom stereocenters. The predicted molar refractivity (Wildman–Crippen MR) is 65.9 cm³/mol. The number of H-pyrrole nitrogens is 1. The minimum atomic E-state index is -1.76. The topological polar surface area (TPSA) is 136 Å². The van der Waals surface area contributed by atoms with Crippen LogP contribution in [0.5, 0.6) is 0 Å². The van der Waals surface area contributed by atoms with E-state index < -0.39 is 41.6 Å². The summed E-state index contributed by atoms with van der Waals surface area (Å²) in [5.41, 5.74) is -1.20. The fourth-order valence-corrected chi connectivity index (χ4v) is 2.21. The smallest absolute Gasteiger partial charge is 0.330 e. The van der Waals surface area contributed by atoms with Crippen molar-refractivity contribution in [1.82, 2.24) is 14.5 Å². The summed E-state index contributed by atoms with van der Waals surface area (Å²) in [6.07, 6.45) is -5.09. The summed E-state index contributed by atoms with van der Waals surface area (Å²) in [5, 5.41) is 29.1. The Morgan fingerprint density at radius 1 is 1.15 bits per heavy atom. The molecule has 2 rings (SSSR count). The highest BCUT2D eigenvalue weighted by atomic mass is 16.4. The van der Waals surface area contributed by atoms with Gasteiger partial charge in [0.1, 0.15) is 18.4 Å². The van der Waals surface area contributed by atoms with E-state index in [0.717, 1.165) is 9.47 Å². The molecule has 0 radical (unpaired) electrons. The average molecular weight is 285 g/mol. The molecule has 0 bridgehead atoms. The molecule has 1 amide bonds. The molecule has 1 aliphatic heterocycles. The molecule has 1 aliphatic rings. The third kappa shape index (κ3) is 2.05. The van der Waals surface area contributed by atoms with Gasteiger partial charge in [0.25, 0.3) is 11.5 Å². The van der Waals surface area contributed by atoms with Crippen molar-refractivity contribution in [2.75, 3.05) is 7.05 Å². The SMILES string of the molecule is Cc1cn([C@H]2[C@H](O)[C@H](O)[C@H](O)C(=O)N2C)c(=O)[nH]c1=O. The molecule has 1 saturated heterocycles. The monoisotopic (exact) mass is 285 g/mol. The van der Waals surface area contributed by atoms with E-state index in [-0.39, 0.29) is 5.56 Å². The van der Waals surface area contributed by atoms with Crippen LogP contribution in [0.1, 0.15) is 11.7 Å². The largest absolute Gasteiger partial charge is 0.387 e. The molecule has 1 fully saturated rings. The minimum Gasteiger partial charge on any atom is -0.387 e. The Morgan fingerprint density at radius 2 is 1.75 bits per heavy atom. The number of carbonyl (C=O) groups is 1. The number of nitrogens with zero attached hydrogens (tertiary/aromatic N) is 2. The number of rotatable bonds is 1. The Labute approximate surface area is 112 Å². The zero-order valence-electron chi connectivity index (χ0n) is 10.8. The zero-order valence-corrected chi connectivity index (χ0v) is 10.8. The number of aromatic amines is 1. The van der Waals surface area contributed by atoms with E-state index in [2.05, 4.69) is 0 Å². The third-order valence-electron chi connectivity index (χ3n) is 3.41. The van der Waals surface area contributed by atoms with E-state index in [9.17, 15) is 29.7 Å². The van der Waals surface area contributed by atoms with Crippen molar-refractivity contribution < 1.29 is 20.1 Å². The van der Waals surface area contributed by atoms with Crippen molar-refractivity contribution in [1.29, 1.82) is 0 Å². The van der Waals surface area contributed by atoms with Crippen molar-refractivity contribution in [3.8, 4) is 0 Å². The van der Waals surface area contributed by atoms with Gasteiger partial charge in [-0.2, -0.15) is 0 Å². The van der Waals surface area contributed by atoms with Crippen LogP contribution in [0.3, 0.4) is 0 Å². The Kier molecular flexibility index (Phi) is 3.50. The maximum atomic E-state index is 11.8. The molecule has 1 aromatic heterocycles. The highest BCUT2D eigenvalue weighted by Gasteiger charge is 2.46. The van der Waals surface area contributed by atoms with E-state index in [4.69, 9.17) is 0 Å². The second kappa shape index (κ2) is 4.85. The van der Waals surface area contributed by atoms with E-state index in [1.165, 1.54) is 20.2 Å². The molecule has 4 N–H and O–H groups in total. The number of hydrogen-bond acceptors (Lipinski definition) is 6. The fourth-order valence-electron chi connectivity index (χ4n) is 2.21. The van der Waals surface area contributed by atoms with Crippen molar-refractivity contribution in [2.45, 2.75) is 31.4 Å². The van der Waals surface area contributed by atoms with Gasteiger partial charge in [-0.05, 0) is 6.92 Å². The van der Waals surface area contributed by atoms with Crippen LogP contribution in [0, 0.1) is 6.92 Å². The van der Waals surface area contributed by atoms with Gasteiger partial charge in [-0.25, -0.2) is 4.79 Å². The van der Waals surface area contributed by atoms with Gasteiger partial charge in [0.15, 0.2) is 6.10 Å². The quantitative estimate of drug-likeness (QED) is 0.431. The molecular weight excluding hydrogens is 270 g/mol. The van der Waals surface area contributed by atoms with Gasteiger partial charge in [0, 0.05) is 18.8 Å². The predicted octanol–water partition coefficient (Wildman–Crippen LogP) is -3.10. The molecule has 110 valence electrons. The Hall–Kier alpha value is -1.97. The maximum absolute atomic E-state index is 11.8. The lowest BCUT2D eigenvalue weighted by molar-refractivity contribution is -0.181. The summed E-state index contributed by atoms with van der Waals surface area (Å²) in [7, 11) is 1.28. The molecule has 1 aromatic rings. The number of carbonyl (C=O) groups excluding carboxylic acids is 1. The maximum Gasteiger partial charge on any atom is 0.330 e. The molecule has 20 heavy (non-hydrogen) atoms. The summed E-state index contributed by atoms with van der Waals surface area (Å²) in [6, 6.07) is 0. The Bertz CT molecular complexity index is 650. The number of likely N-dealkylation sites (tertiary alicyclic amines) is 1. The number of hydrogen-bond donors (Lipinski definition) is 4. The molecular formula is C11H15N3O6. The van der Waals surface area contributed by atoms with Crippen molar-refractivity contribution in [3.05, 3.63) is 32.6 Å². The molecule has 0 aliphatic carbocycles. The first-order valence-corrected chi connectivity index (χ1v) is 5.88. The van der Waals surface area contributed by atoms with Crippen LogP contribution in [-0.4, -0.2) is 61.0 Å². The standard InChI is InChI=1S/C11H15N3O6/c1-4-3-14(11(20)12-8(4)18)9-6(16)5(15)7(17)10(19)13(9)2/h3,5-7,9,15-17H,1-2H3,(H,12,18,20)/t5-,6+,7-,9-/m0/s1. The van der Waals surface area contributed by atoms with E-state index in [1.54, 1.807) is 0 Å². The van der Waals surface area contributed by atoms with Crippen molar-refractivity contribution in [2.24, 2.45) is 0 Å². The van der Waals surface area contributed by atoms with Crippen LogP contribution in [0.15, 0.2) is 15.8 Å². The molecule has 9 nitrogen and oxygen atoms in total. The first-order chi connectivity index (χ1) is 9.25. The number of aliphatic hydroxyl groups excluding tert-OH is 3. The number of aliphatic hydroxyl groups is 3. The van der Waals surface area contributed by atoms with E-state index >= 15 is 0 Å². The Balaban J connectivity index is 2.56. The minimum absolute atomic E-state index is 0.207. The van der Waals surface area contributed by atoms with Crippen LogP contribution in [0.4, 0.5) is 0 Å². The summed E-state index contributed by atoms with van der Waals surface area (Å²) in [5.74, 6) is -0.830. The fraction of sp³-hybridized carbons (Fsp3) is 0.545. The van der Waals surface area contributed by atoms with Gasteiger partial charge in [0.05, 0.1) is 0 Å². The molecule has 0 spiro atoms. The summed E-state index contributed by atoms with van der Waals surface area (Å²) in [4.78, 5) is 37.8. The summed E-state index contributed by atoms with van der Waals surface area (Å²) >= 11 is 0. The molecule has 4 atom stereocenters. The van der Waals surface area contributed by atoms with Crippen LogP contribution in [0.25, 0.3) is 0 Å². The van der Waals surface area contributed by atoms with Gasteiger partial charge in [-0.15, -0.1) is 0 Å². The van der Waals surface area contributed by atoms with Crippen LogP contribution >= 0.6 is 0 Å². The summed E-state index contributed by atoms with van der Waals surface area (Å²) < 4.78 is 0.939. The number of piperidine rings is 1. The lowest BCUT2D eigenvalue weighted by atomic mass is 9.98. The number of likely N-dealkylation sites (N-methyl/N-ethyl adjacent to an activating group) is 1. The van der Waals surface area contributed by atoms with Crippen LogP contribution in [-0.2, 0) is 4.79 Å². The van der Waals surface area contributed by atoms with Gasteiger partial charge < -0.3 is 20.2 Å². The molecule has 0 saturated carbocycles. The Morgan fingerprint density at radius 3 is 2.35 bits per heavy atom. The van der Waals surface area contributed by atoms with Gasteiger partial charge in [-0.3, -0.25) is 19.1 Å². The second-order valence-corrected chi connectivity index (χ2v) is 4.77. The molecule has 0 aromatic carbocycles. The number of amides is 1. The van der Waals surface area contributed by atoms with Crippen molar-refractivity contribution in [3.63, 3.8) is 0 Å². The highest BCUT2D eigenvalue weighted by Crippen LogP contribution is 2.25. The second-order valence-electron chi connectivity index (χ2n) is 4.77. The normalized spacial score (nSPS) is 30.6. The van der Waals surface area contributed by atoms with Crippen LogP contribution < -0.4 is 11.2 Å². The van der Waals surface area contributed by atoms with E-state index in [1.807, 2.05) is 4.98 Å². The van der Waals surface area contributed by atoms with E-state index in [0.29, 0.717) is 0 Å². The lowest BCUT2D eigenvalue weighted by Gasteiger charge is -2.41. The van der Waals surface area contributed by atoms with Gasteiger partial charge >= 0.3 is 5.69 Å². The first kappa shape index (κ1) is 14.4. The first-order valence-electron chi connectivity index (χ1n) is 5.88. The number of nitrogens with one attached hydrogen (secondary N) is 1. The number of aromatic nitrogens is 2. The third-order valence-corrected chi connectivity index (χ3v) is 3.41. The van der Waals surface area contributed by atoms with Crippen molar-refractivity contribution >= 4 is 5.91 Å². The molecule has 9 heteroatoms. The zero-order chi connectivity index (χ0) is 15.2. The van der Waals surface area contributed by atoms with Crippen LogP contribution in [0.2, 0.25) is 0 Å². The van der Waals surface area contributed by atoms with Gasteiger partial charge in [0.2, 0.25) is 0 Å². The highest BCUT2D eigenvalue weighted by molar-refractivity contribution is 5.82.